The molecule has 0 aromatic carbocycles. The van der Waals surface area contributed by atoms with E-state index in [-0.39, 0.29) is 17.4 Å². The molecule has 0 aromatic rings. The summed E-state index contributed by atoms with van der Waals surface area (Å²) < 4.78 is 0. The van der Waals surface area contributed by atoms with Crippen LogP contribution in [0.4, 0.5) is 0 Å². The first-order chi connectivity index (χ1) is 8.43. The molecule has 1 saturated carbocycles. The molecule has 0 heterocycles. The standard InChI is InChI=1S/C13H25N3OS/c1-4-10(11(14)18)12(17)15-9-13(16(2)3)7-5-6-8-13/h10H,4-9H2,1-3H3,(H2,14,18)(H,15,17). The molecule has 4 nitrogen and oxygen atoms in total. The highest BCUT2D eigenvalue weighted by molar-refractivity contribution is 7.80. The Hall–Kier alpha value is -0.680. The minimum Gasteiger partial charge on any atom is -0.393 e. The van der Waals surface area contributed by atoms with E-state index in [9.17, 15) is 4.79 Å². The van der Waals surface area contributed by atoms with Gasteiger partial charge in [-0.15, -0.1) is 0 Å². The first-order valence-electron chi connectivity index (χ1n) is 6.67. The molecule has 1 rings (SSSR count). The molecule has 1 amide bonds. The fourth-order valence-electron chi connectivity index (χ4n) is 2.71. The first-order valence-corrected chi connectivity index (χ1v) is 7.08. The lowest BCUT2D eigenvalue weighted by Gasteiger charge is -2.36. The van der Waals surface area contributed by atoms with Crippen LogP contribution in [-0.4, -0.2) is 42.0 Å². The van der Waals surface area contributed by atoms with Crippen molar-refractivity contribution in [2.24, 2.45) is 11.7 Å². The monoisotopic (exact) mass is 271 g/mol. The number of amides is 1. The van der Waals surface area contributed by atoms with Crippen LogP contribution in [-0.2, 0) is 4.79 Å². The van der Waals surface area contributed by atoms with Gasteiger partial charge in [-0.2, -0.15) is 0 Å². The van der Waals surface area contributed by atoms with Crippen LogP contribution in [0.5, 0.6) is 0 Å². The predicted molar refractivity (Wildman–Crippen MR) is 78.5 cm³/mol. The van der Waals surface area contributed by atoms with Gasteiger partial charge in [-0.1, -0.05) is 32.0 Å². The number of nitrogens with zero attached hydrogens (tertiary/aromatic N) is 1. The number of hydrogen-bond acceptors (Lipinski definition) is 3. The molecule has 0 bridgehead atoms. The lowest BCUT2D eigenvalue weighted by Crippen LogP contribution is -2.52. The Labute approximate surface area is 115 Å². The van der Waals surface area contributed by atoms with Gasteiger partial charge < -0.3 is 16.0 Å². The molecule has 1 aliphatic rings. The second-order valence-electron chi connectivity index (χ2n) is 5.41. The van der Waals surface area contributed by atoms with E-state index in [4.69, 9.17) is 18.0 Å². The molecule has 0 aromatic heterocycles. The van der Waals surface area contributed by atoms with Crippen LogP contribution >= 0.6 is 12.2 Å². The quantitative estimate of drug-likeness (QED) is 0.715. The zero-order valence-corrected chi connectivity index (χ0v) is 12.5. The average Bonchev–Trinajstić information content (AvgIpc) is 2.76. The number of carbonyl (C=O) groups is 1. The fourth-order valence-corrected chi connectivity index (χ4v) is 2.98. The van der Waals surface area contributed by atoms with Gasteiger partial charge >= 0.3 is 0 Å². The molecule has 1 aliphatic carbocycles. The predicted octanol–water partition coefficient (Wildman–Crippen LogP) is 1.29. The van der Waals surface area contributed by atoms with Gasteiger partial charge in [0.05, 0.1) is 10.9 Å². The summed E-state index contributed by atoms with van der Waals surface area (Å²) in [5.41, 5.74) is 5.70. The molecule has 3 N–H and O–H groups in total. The van der Waals surface area contributed by atoms with Crippen molar-refractivity contribution in [3.8, 4) is 0 Å². The Morgan fingerprint density at radius 1 is 1.44 bits per heavy atom. The third-order valence-electron chi connectivity index (χ3n) is 4.14. The Bertz CT molecular complexity index is 311. The molecular formula is C13H25N3OS. The van der Waals surface area contributed by atoms with Gasteiger partial charge in [0.25, 0.3) is 0 Å². The normalized spacial score (nSPS) is 19.8. The highest BCUT2D eigenvalue weighted by atomic mass is 32.1. The summed E-state index contributed by atoms with van der Waals surface area (Å²) in [5.74, 6) is -0.362. The second kappa shape index (κ2) is 6.48. The van der Waals surface area contributed by atoms with E-state index in [2.05, 4.69) is 24.3 Å². The Balaban J connectivity index is 2.57. The minimum atomic E-state index is -0.333. The van der Waals surface area contributed by atoms with Crippen molar-refractivity contribution in [3.63, 3.8) is 0 Å². The largest absolute Gasteiger partial charge is 0.393 e. The summed E-state index contributed by atoms with van der Waals surface area (Å²) in [6.07, 6.45) is 5.42. The first kappa shape index (κ1) is 15.4. The van der Waals surface area contributed by atoms with E-state index >= 15 is 0 Å². The molecule has 1 fully saturated rings. The summed E-state index contributed by atoms with van der Waals surface area (Å²) in [4.78, 5) is 14.6. The molecular weight excluding hydrogens is 246 g/mol. The average molecular weight is 271 g/mol. The molecule has 1 atom stereocenters. The van der Waals surface area contributed by atoms with Gasteiger partial charge in [-0.05, 0) is 33.4 Å². The highest BCUT2D eigenvalue weighted by Crippen LogP contribution is 2.33. The molecule has 104 valence electrons. The lowest BCUT2D eigenvalue weighted by molar-refractivity contribution is -0.123. The molecule has 0 aliphatic heterocycles. The Morgan fingerprint density at radius 2 is 2.00 bits per heavy atom. The van der Waals surface area contributed by atoms with E-state index < -0.39 is 0 Å². The Kier molecular flexibility index (Phi) is 5.53. The van der Waals surface area contributed by atoms with Crippen LogP contribution < -0.4 is 11.1 Å². The number of nitrogens with two attached hydrogens (primary N) is 1. The topological polar surface area (TPSA) is 58.4 Å². The number of carbonyl (C=O) groups excluding carboxylic acids is 1. The van der Waals surface area contributed by atoms with Crippen LogP contribution in [0, 0.1) is 5.92 Å². The zero-order valence-electron chi connectivity index (χ0n) is 11.7. The summed E-state index contributed by atoms with van der Waals surface area (Å²) in [6, 6.07) is 0. The van der Waals surface area contributed by atoms with Crippen molar-refractivity contribution >= 4 is 23.1 Å². The van der Waals surface area contributed by atoms with Crippen LogP contribution in [0.1, 0.15) is 39.0 Å². The number of likely N-dealkylation sites (N-methyl/N-ethyl adjacent to an activating group) is 1. The maximum absolute atomic E-state index is 12.0. The Morgan fingerprint density at radius 3 is 2.39 bits per heavy atom. The SMILES string of the molecule is CCC(C(=O)NCC1(N(C)C)CCCC1)C(N)=S. The maximum Gasteiger partial charge on any atom is 0.229 e. The van der Waals surface area contributed by atoms with Crippen LogP contribution in [0.2, 0.25) is 0 Å². The number of thiocarbonyl (C=S) groups is 1. The highest BCUT2D eigenvalue weighted by Gasteiger charge is 2.36. The fraction of sp³-hybridized carbons (Fsp3) is 0.846. The summed E-state index contributed by atoms with van der Waals surface area (Å²) in [6.45, 7) is 2.62. The van der Waals surface area contributed by atoms with Crippen molar-refractivity contribution < 1.29 is 4.79 Å². The van der Waals surface area contributed by atoms with E-state index in [1.54, 1.807) is 0 Å². The van der Waals surface area contributed by atoms with Gasteiger partial charge in [-0.3, -0.25) is 4.79 Å². The third kappa shape index (κ3) is 3.42. The van der Waals surface area contributed by atoms with E-state index in [1.165, 1.54) is 12.8 Å². The molecule has 18 heavy (non-hydrogen) atoms. The van der Waals surface area contributed by atoms with E-state index in [0.717, 1.165) is 12.8 Å². The minimum absolute atomic E-state index is 0.0295. The van der Waals surface area contributed by atoms with E-state index in [0.29, 0.717) is 18.0 Å². The van der Waals surface area contributed by atoms with Crippen LogP contribution in [0.15, 0.2) is 0 Å². The smallest absolute Gasteiger partial charge is 0.229 e. The van der Waals surface area contributed by atoms with Gasteiger partial charge in [0, 0.05) is 12.1 Å². The molecule has 5 heteroatoms. The summed E-state index contributed by atoms with van der Waals surface area (Å²) >= 11 is 4.93. The molecule has 0 spiro atoms. The number of nitrogens with one attached hydrogen (secondary N) is 1. The van der Waals surface area contributed by atoms with Gasteiger partial charge in [-0.25, -0.2) is 0 Å². The molecule has 0 radical (unpaired) electrons. The second-order valence-corrected chi connectivity index (χ2v) is 5.88. The van der Waals surface area contributed by atoms with Crippen molar-refractivity contribution in [3.05, 3.63) is 0 Å². The summed E-state index contributed by atoms with van der Waals surface area (Å²) in [7, 11) is 4.17. The van der Waals surface area contributed by atoms with Crippen LogP contribution in [0.25, 0.3) is 0 Å². The van der Waals surface area contributed by atoms with Gasteiger partial charge in [0.2, 0.25) is 5.91 Å². The van der Waals surface area contributed by atoms with E-state index in [1.807, 2.05) is 6.92 Å². The summed E-state index contributed by atoms with van der Waals surface area (Å²) in [5, 5.41) is 3.03. The lowest BCUT2D eigenvalue weighted by atomic mass is 9.95. The zero-order chi connectivity index (χ0) is 13.8. The molecule has 1 unspecified atom stereocenters. The van der Waals surface area contributed by atoms with Crippen molar-refractivity contribution in [2.45, 2.75) is 44.6 Å². The van der Waals surface area contributed by atoms with Crippen molar-refractivity contribution in [1.29, 1.82) is 0 Å². The van der Waals surface area contributed by atoms with Gasteiger partial charge in [0.1, 0.15) is 0 Å². The van der Waals surface area contributed by atoms with Crippen molar-refractivity contribution in [2.75, 3.05) is 20.6 Å². The van der Waals surface area contributed by atoms with Gasteiger partial charge in [0.15, 0.2) is 0 Å². The van der Waals surface area contributed by atoms with Crippen LogP contribution in [0.3, 0.4) is 0 Å². The maximum atomic E-state index is 12.0. The number of rotatable bonds is 6. The third-order valence-corrected chi connectivity index (χ3v) is 4.43. The van der Waals surface area contributed by atoms with Crippen molar-refractivity contribution in [1.82, 2.24) is 10.2 Å². The number of hydrogen-bond donors (Lipinski definition) is 2. The molecule has 0 saturated heterocycles.